The van der Waals surface area contributed by atoms with Crippen molar-refractivity contribution in [1.29, 1.82) is 0 Å². The Kier molecular flexibility index (Phi) is 5.07. The fourth-order valence-electron chi connectivity index (χ4n) is 3.38. The van der Waals surface area contributed by atoms with Crippen LogP contribution in [-0.4, -0.2) is 22.4 Å². The number of hydrogen-bond acceptors (Lipinski definition) is 2. The van der Waals surface area contributed by atoms with Gasteiger partial charge >= 0.3 is 0 Å². The lowest BCUT2D eigenvalue weighted by Gasteiger charge is -2.21. The van der Waals surface area contributed by atoms with E-state index in [1.165, 1.54) is 28.7 Å². The molecule has 0 saturated heterocycles. The summed E-state index contributed by atoms with van der Waals surface area (Å²) in [6.45, 7) is 7.84. The van der Waals surface area contributed by atoms with E-state index in [9.17, 15) is 0 Å². The molecule has 1 aliphatic rings. The molecular formula is C15H26BrN3. The topological polar surface area (TPSA) is 29.9 Å². The van der Waals surface area contributed by atoms with Crippen molar-refractivity contribution >= 4 is 15.9 Å². The van der Waals surface area contributed by atoms with E-state index in [1.807, 2.05) is 0 Å². The minimum Gasteiger partial charge on any atom is -0.314 e. The van der Waals surface area contributed by atoms with Gasteiger partial charge in [0.05, 0.1) is 15.9 Å². The van der Waals surface area contributed by atoms with Gasteiger partial charge in [-0.05, 0) is 60.0 Å². The molecule has 3 unspecified atom stereocenters. The zero-order chi connectivity index (χ0) is 14.0. The van der Waals surface area contributed by atoms with Crippen LogP contribution in [-0.2, 0) is 19.9 Å². The Bertz CT molecular complexity index is 427. The number of aryl methyl sites for hydroxylation is 2. The third kappa shape index (κ3) is 3.05. The largest absolute Gasteiger partial charge is 0.314 e. The predicted molar refractivity (Wildman–Crippen MR) is 83.3 cm³/mol. The molecule has 0 aliphatic heterocycles. The summed E-state index contributed by atoms with van der Waals surface area (Å²) in [6.07, 6.45) is 4.79. The van der Waals surface area contributed by atoms with Crippen molar-refractivity contribution < 1.29 is 0 Å². The van der Waals surface area contributed by atoms with E-state index < -0.39 is 0 Å². The Labute approximate surface area is 125 Å². The zero-order valence-electron chi connectivity index (χ0n) is 12.5. The van der Waals surface area contributed by atoms with Gasteiger partial charge in [-0.25, -0.2) is 0 Å². The highest BCUT2D eigenvalue weighted by molar-refractivity contribution is 9.10. The van der Waals surface area contributed by atoms with Crippen molar-refractivity contribution in [3.63, 3.8) is 0 Å². The van der Waals surface area contributed by atoms with E-state index in [2.05, 4.69) is 58.8 Å². The average Bonchev–Trinajstić information content (AvgIpc) is 2.86. The van der Waals surface area contributed by atoms with Gasteiger partial charge in [0, 0.05) is 13.1 Å². The van der Waals surface area contributed by atoms with Crippen LogP contribution < -0.4 is 5.32 Å². The summed E-state index contributed by atoms with van der Waals surface area (Å²) in [7, 11) is 2.07. The molecule has 1 heterocycles. The van der Waals surface area contributed by atoms with Gasteiger partial charge in [-0.3, -0.25) is 4.68 Å². The molecule has 0 radical (unpaired) electrons. The highest BCUT2D eigenvalue weighted by Gasteiger charge is 2.33. The molecule has 1 aromatic rings. The van der Waals surface area contributed by atoms with Crippen LogP contribution in [0.1, 0.15) is 45.0 Å². The van der Waals surface area contributed by atoms with Crippen molar-refractivity contribution in [2.24, 2.45) is 18.9 Å². The van der Waals surface area contributed by atoms with E-state index in [0.29, 0.717) is 6.04 Å². The van der Waals surface area contributed by atoms with Crippen LogP contribution in [0.3, 0.4) is 0 Å². The summed E-state index contributed by atoms with van der Waals surface area (Å²) >= 11 is 3.74. The van der Waals surface area contributed by atoms with Gasteiger partial charge in [-0.1, -0.05) is 20.8 Å². The summed E-state index contributed by atoms with van der Waals surface area (Å²) in [4.78, 5) is 0. The Morgan fingerprint density at radius 3 is 2.68 bits per heavy atom. The maximum Gasteiger partial charge on any atom is 0.0766 e. The Morgan fingerprint density at radius 1 is 1.37 bits per heavy atom. The predicted octanol–water partition coefficient (Wildman–Crippen LogP) is 3.31. The highest BCUT2D eigenvalue weighted by atomic mass is 79.9. The van der Waals surface area contributed by atoms with Crippen molar-refractivity contribution in [1.82, 2.24) is 15.1 Å². The van der Waals surface area contributed by atoms with E-state index in [4.69, 9.17) is 0 Å². The second kappa shape index (κ2) is 6.40. The first kappa shape index (κ1) is 15.0. The lowest BCUT2D eigenvalue weighted by Crippen LogP contribution is -2.32. The minimum absolute atomic E-state index is 0.702. The van der Waals surface area contributed by atoms with Gasteiger partial charge in [-0.2, -0.15) is 5.10 Å². The number of hydrogen-bond donors (Lipinski definition) is 1. The molecule has 19 heavy (non-hydrogen) atoms. The quantitative estimate of drug-likeness (QED) is 0.899. The van der Waals surface area contributed by atoms with E-state index in [1.54, 1.807) is 0 Å². The second-order valence-electron chi connectivity index (χ2n) is 5.75. The molecule has 0 amide bonds. The zero-order valence-corrected chi connectivity index (χ0v) is 14.1. The monoisotopic (exact) mass is 327 g/mol. The van der Waals surface area contributed by atoms with Crippen molar-refractivity contribution in [2.75, 3.05) is 6.54 Å². The van der Waals surface area contributed by atoms with Gasteiger partial charge in [0.2, 0.25) is 0 Å². The maximum absolute atomic E-state index is 4.61. The van der Waals surface area contributed by atoms with Crippen LogP contribution in [0.2, 0.25) is 0 Å². The molecule has 4 heteroatoms. The first-order chi connectivity index (χ1) is 9.08. The van der Waals surface area contributed by atoms with Crippen LogP contribution in [0.25, 0.3) is 0 Å². The van der Waals surface area contributed by atoms with E-state index in [-0.39, 0.29) is 0 Å². The molecule has 1 N–H and O–H groups in total. The van der Waals surface area contributed by atoms with Crippen LogP contribution in [0.4, 0.5) is 0 Å². The number of aromatic nitrogens is 2. The van der Waals surface area contributed by atoms with Gasteiger partial charge in [0.1, 0.15) is 0 Å². The fourth-order valence-corrected chi connectivity index (χ4v) is 4.15. The number of nitrogens with one attached hydrogen (secondary N) is 1. The molecule has 3 atom stereocenters. The van der Waals surface area contributed by atoms with Crippen molar-refractivity contribution in [3.8, 4) is 0 Å². The van der Waals surface area contributed by atoms with Gasteiger partial charge in [0.15, 0.2) is 0 Å². The molecule has 0 aromatic carbocycles. The van der Waals surface area contributed by atoms with Gasteiger partial charge < -0.3 is 5.32 Å². The summed E-state index contributed by atoms with van der Waals surface area (Å²) in [6, 6.07) is 0.702. The van der Waals surface area contributed by atoms with E-state index >= 15 is 0 Å². The van der Waals surface area contributed by atoms with Gasteiger partial charge in [0.25, 0.3) is 0 Å². The summed E-state index contributed by atoms with van der Waals surface area (Å²) in [5.74, 6) is 1.53. The summed E-state index contributed by atoms with van der Waals surface area (Å²) in [5.41, 5.74) is 2.55. The molecule has 1 aliphatic carbocycles. The minimum atomic E-state index is 0.702. The van der Waals surface area contributed by atoms with Crippen molar-refractivity contribution in [2.45, 2.75) is 52.5 Å². The van der Waals surface area contributed by atoms with Gasteiger partial charge in [-0.15, -0.1) is 0 Å². The molecule has 0 bridgehead atoms. The Balaban J connectivity index is 2.08. The molecule has 2 rings (SSSR count). The molecule has 1 fully saturated rings. The normalized spacial score (nSPS) is 27.1. The molecule has 0 spiro atoms. The highest BCUT2D eigenvalue weighted by Crippen LogP contribution is 2.36. The Hall–Kier alpha value is -0.350. The first-order valence-electron chi connectivity index (χ1n) is 7.52. The lowest BCUT2D eigenvalue weighted by molar-refractivity contribution is 0.350. The summed E-state index contributed by atoms with van der Waals surface area (Å²) < 4.78 is 3.30. The van der Waals surface area contributed by atoms with Crippen molar-refractivity contribution in [3.05, 3.63) is 15.9 Å². The molecule has 1 aromatic heterocycles. The number of nitrogens with zero attached hydrogens (tertiary/aromatic N) is 2. The smallest absolute Gasteiger partial charge is 0.0766 e. The third-order valence-electron chi connectivity index (χ3n) is 4.65. The SMILES string of the molecule is CCNC1CCC(Cc2c(Br)c(CC)nn2C)C1C. The third-order valence-corrected chi connectivity index (χ3v) is 5.57. The second-order valence-corrected chi connectivity index (χ2v) is 6.54. The maximum atomic E-state index is 4.61. The Morgan fingerprint density at radius 2 is 2.11 bits per heavy atom. The molecular weight excluding hydrogens is 302 g/mol. The lowest BCUT2D eigenvalue weighted by atomic mass is 9.91. The van der Waals surface area contributed by atoms with Crippen LogP contribution in [0.15, 0.2) is 4.47 Å². The standard InChI is InChI=1S/C15H26BrN3/c1-5-12-15(16)14(19(4)18-12)9-11-7-8-13(10(11)3)17-6-2/h10-11,13,17H,5-9H2,1-4H3. The molecule has 108 valence electrons. The molecule has 3 nitrogen and oxygen atoms in total. The van der Waals surface area contributed by atoms with Crippen LogP contribution >= 0.6 is 15.9 Å². The van der Waals surface area contributed by atoms with Crippen LogP contribution in [0, 0.1) is 11.8 Å². The number of rotatable bonds is 5. The van der Waals surface area contributed by atoms with Crippen LogP contribution in [0.5, 0.6) is 0 Å². The average molecular weight is 328 g/mol. The number of halogens is 1. The first-order valence-corrected chi connectivity index (χ1v) is 8.31. The molecule has 1 saturated carbocycles. The fraction of sp³-hybridized carbons (Fsp3) is 0.800. The van der Waals surface area contributed by atoms with E-state index in [0.717, 1.165) is 31.2 Å². The summed E-state index contributed by atoms with van der Waals surface area (Å²) in [5, 5.41) is 8.23.